The summed E-state index contributed by atoms with van der Waals surface area (Å²) in [5.41, 5.74) is 6.26. The second kappa shape index (κ2) is 13.9. The lowest BCUT2D eigenvalue weighted by atomic mass is 9.96. The summed E-state index contributed by atoms with van der Waals surface area (Å²) in [6, 6.07) is 3.35. The van der Waals surface area contributed by atoms with Crippen molar-refractivity contribution in [1.29, 1.82) is 0 Å². The van der Waals surface area contributed by atoms with Gasteiger partial charge in [-0.1, -0.05) is 50.6 Å². The van der Waals surface area contributed by atoms with Crippen LogP contribution in [0.3, 0.4) is 0 Å². The number of benzene rings is 1. The lowest BCUT2D eigenvalue weighted by molar-refractivity contribution is -0.143. The van der Waals surface area contributed by atoms with Crippen LogP contribution >= 0.6 is 0 Å². The largest absolute Gasteiger partial charge is 0.481 e. The molecule has 0 saturated heterocycles. The highest BCUT2D eigenvalue weighted by Crippen LogP contribution is 2.11. The van der Waals surface area contributed by atoms with Gasteiger partial charge in [-0.05, 0) is 11.5 Å². The molecular weight excluding hydrogens is 448 g/mol. The molecule has 5 atom stereocenters. The lowest BCUT2D eigenvalue weighted by Crippen LogP contribution is -2.59. The van der Waals surface area contributed by atoms with Crippen LogP contribution in [0, 0.1) is 5.92 Å². The van der Waals surface area contributed by atoms with E-state index in [-0.39, 0.29) is 6.42 Å². The molecule has 12 nitrogen and oxygen atoms in total. The smallest absolute Gasteiger partial charge is 0.328 e. The van der Waals surface area contributed by atoms with Gasteiger partial charge in [0.05, 0.1) is 19.1 Å². The van der Waals surface area contributed by atoms with Gasteiger partial charge in [0.2, 0.25) is 17.7 Å². The molecule has 5 unspecified atom stereocenters. The fourth-order valence-electron chi connectivity index (χ4n) is 3.02. The summed E-state index contributed by atoms with van der Waals surface area (Å²) in [6.07, 6.45) is -0.152. The number of carbonyl (C=O) groups is 5. The zero-order valence-corrected chi connectivity index (χ0v) is 19.1. The molecular formula is C22H32N4O8. The second-order valence-electron chi connectivity index (χ2n) is 7.91. The number of amides is 3. The van der Waals surface area contributed by atoms with Crippen LogP contribution < -0.4 is 21.7 Å². The number of hydrogen-bond donors (Lipinski definition) is 7. The Morgan fingerprint density at radius 2 is 1.50 bits per heavy atom. The summed E-state index contributed by atoms with van der Waals surface area (Å²) in [5.74, 6) is -5.52. The second-order valence-corrected chi connectivity index (χ2v) is 7.91. The standard InChI is InChI=1S/C22H32N4O8/c1-3-12(2)18(26-19(30)14(23)10-17(28)29)21(32)24-15(9-13-7-5-4-6-8-13)20(31)25-16(11-27)22(33)34/h4-8,12,14-16,18,27H,3,9-11,23H2,1-2H3,(H,24,32)(H,25,31)(H,26,30)(H,28,29)(H,33,34). The molecule has 3 amide bonds. The van der Waals surface area contributed by atoms with Gasteiger partial charge in [0.15, 0.2) is 0 Å². The van der Waals surface area contributed by atoms with Crippen LogP contribution in [0.2, 0.25) is 0 Å². The fourth-order valence-corrected chi connectivity index (χ4v) is 3.02. The number of hydrogen-bond acceptors (Lipinski definition) is 7. The Hall–Kier alpha value is -3.51. The Balaban J connectivity index is 3.10. The van der Waals surface area contributed by atoms with Gasteiger partial charge in [0, 0.05) is 6.42 Å². The Morgan fingerprint density at radius 3 is 2.00 bits per heavy atom. The van der Waals surface area contributed by atoms with Crippen molar-refractivity contribution in [2.75, 3.05) is 6.61 Å². The summed E-state index contributed by atoms with van der Waals surface area (Å²) in [4.78, 5) is 60.3. The molecule has 0 heterocycles. The first kappa shape index (κ1) is 28.5. The summed E-state index contributed by atoms with van der Waals surface area (Å²) in [6.45, 7) is 2.62. The van der Waals surface area contributed by atoms with E-state index in [4.69, 9.17) is 15.9 Å². The van der Waals surface area contributed by atoms with E-state index in [1.807, 2.05) is 0 Å². The van der Waals surface area contributed by atoms with Gasteiger partial charge in [-0.2, -0.15) is 0 Å². The summed E-state index contributed by atoms with van der Waals surface area (Å²) in [5, 5.41) is 34.3. The summed E-state index contributed by atoms with van der Waals surface area (Å²) < 4.78 is 0. The maximum Gasteiger partial charge on any atom is 0.328 e. The number of rotatable bonds is 14. The van der Waals surface area contributed by atoms with Gasteiger partial charge in [-0.15, -0.1) is 0 Å². The first-order valence-electron chi connectivity index (χ1n) is 10.8. The van der Waals surface area contributed by atoms with Crippen molar-refractivity contribution in [1.82, 2.24) is 16.0 Å². The third kappa shape index (κ3) is 9.16. The zero-order chi connectivity index (χ0) is 25.8. The van der Waals surface area contributed by atoms with Crippen molar-refractivity contribution in [3.8, 4) is 0 Å². The Bertz CT molecular complexity index is 864. The van der Waals surface area contributed by atoms with E-state index in [1.165, 1.54) is 0 Å². The highest BCUT2D eigenvalue weighted by atomic mass is 16.4. The fraction of sp³-hybridized carbons (Fsp3) is 0.500. The molecule has 0 radical (unpaired) electrons. The average Bonchev–Trinajstić information content (AvgIpc) is 2.79. The molecule has 12 heteroatoms. The molecule has 0 fully saturated rings. The molecule has 0 aliphatic carbocycles. The average molecular weight is 481 g/mol. The van der Waals surface area contributed by atoms with Crippen molar-refractivity contribution in [3.63, 3.8) is 0 Å². The highest BCUT2D eigenvalue weighted by molar-refractivity contribution is 5.95. The summed E-state index contributed by atoms with van der Waals surface area (Å²) in [7, 11) is 0. The minimum atomic E-state index is -1.57. The molecule has 0 aromatic heterocycles. The minimum Gasteiger partial charge on any atom is -0.481 e. The number of carbonyl (C=O) groups excluding carboxylic acids is 3. The number of aliphatic hydroxyl groups is 1. The van der Waals surface area contributed by atoms with Gasteiger partial charge in [-0.3, -0.25) is 19.2 Å². The molecule has 0 bridgehead atoms. The number of nitrogens with two attached hydrogens (primary N) is 1. The van der Waals surface area contributed by atoms with Crippen LogP contribution in [0.1, 0.15) is 32.3 Å². The first-order valence-corrected chi connectivity index (χ1v) is 10.8. The maximum atomic E-state index is 13.1. The van der Waals surface area contributed by atoms with Crippen LogP contribution in [0.4, 0.5) is 0 Å². The lowest BCUT2D eigenvalue weighted by Gasteiger charge is -2.27. The van der Waals surface area contributed by atoms with E-state index < -0.39 is 72.8 Å². The van der Waals surface area contributed by atoms with Gasteiger partial charge in [0.1, 0.15) is 18.1 Å². The van der Waals surface area contributed by atoms with E-state index in [1.54, 1.807) is 44.2 Å². The molecule has 34 heavy (non-hydrogen) atoms. The third-order valence-corrected chi connectivity index (χ3v) is 5.24. The normalized spacial score (nSPS) is 15.2. The molecule has 1 aromatic rings. The van der Waals surface area contributed by atoms with E-state index in [2.05, 4.69) is 16.0 Å². The van der Waals surface area contributed by atoms with E-state index in [0.717, 1.165) is 0 Å². The predicted molar refractivity (Wildman–Crippen MR) is 120 cm³/mol. The topological polar surface area (TPSA) is 208 Å². The van der Waals surface area contributed by atoms with Crippen molar-refractivity contribution < 1.29 is 39.3 Å². The number of aliphatic hydroxyl groups excluding tert-OH is 1. The van der Waals surface area contributed by atoms with Gasteiger partial charge in [-0.25, -0.2) is 4.79 Å². The van der Waals surface area contributed by atoms with E-state index >= 15 is 0 Å². The van der Waals surface area contributed by atoms with E-state index in [0.29, 0.717) is 12.0 Å². The Kier molecular flexibility index (Phi) is 11.7. The van der Waals surface area contributed by atoms with Crippen molar-refractivity contribution in [3.05, 3.63) is 35.9 Å². The Labute approximate surface area is 196 Å². The van der Waals surface area contributed by atoms with Crippen LogP contribution in [0.15, 0.2) is 30.3 Å². The quantitative estimate of drug-likeness (QED) is 0.167. The summed E-state index contributed by atoms with van der Waals surface area (Å²) >= 11 is 0. The maximum absolute atomic E-state index is 13.1. The predicted octanol–water partition coefficient (Wildman–Crippen LogP) is -1.39. The molecule has 188 valence electrons. The highest BCUT2D eigenvalue weighted by Gasteiger charge is 2.32. The molecule has 1 aromatic carbocycles. The molecule has 0 aliphatic heterocycles. The zero-order valence-electron chi connectivity index (χ0n) is 19.1. The SMILES string of the molecule is CCC(C)C(NC(=O)C(N)CC(=O)O)C(=O)NC(Cc1ccccc1)C(=O)NC(CO)C(=O)O. The van der Waals surface area contributed by atoms with Crippen LogP contribution in [0.25, 0.3) is 0 Å². The van der Waals surface area contributed by atoms with Crippen LogP contribution in [-0.4, -0.2) is 75.8 Å². The molecule has 8 N–H and O–H groups in total. The number of carboxylic acid groups (broad SMARTS) is 2. The number of nitrogens with one attached hydrogen (secondary N) is 3. The molecule has 0 saturated carbocycles. The number of carboxylic acids is 2. The van der Waals surface area contributed by atoms with Gasteiger partial charge >= 0.3 is 11.9 Å². The van der Waals surface area contributed by atoms with E-state index in [9.17, 15) is 29.1 Å². The van der Waals surface area contributed by atoms with Crippen LogP contribution in [0.5, 0.6) is 0 Å². The third-order valence-electron chi connectivity index (χ3n) is 5.24. The molecule has 0 spiro atoms. The van der Waals surface area contributed by atoms with Gasteiger partial charge < -0.3 is 37.0 Å². The molecule has 1 rings (SSSR count). The van der Waals surface area contributed by atoms with Crippen LogP contribution in [-0.2, 0) is 30.4 Å². The molecule has 0 aliphatic rings. The minimum absolute atomic E-state index is 0.00980. The van der Waals surface area contributed by atoms with Crippen molar-refractivity contribution in [2.24, 2.45) is 11.7 Å². The Morgan fingerprint density at radius 1 is 0.912 bits per heavy atom. The first-order chi connectivity index (χ1) is 16.0. The monoisotopic (exact) mass is 480 g/mol. The number of aliphatic carboxylic acids is 2. The van der Waals surface area contributed by atoms with Gasteiger partial charge in [0.25, 0.3) is 0 Å². The van der Waals surface area contributed by atoms with Crippen molar-refractivity contribution in [2.45, 2.75) is 57.3 Å². The van der Waals surface area contributed by atoms with Crippen molar-refractivity contribution >= 4 is 29.7 Å².